The summed E-state index contributed by atoms with van der Waals surface area (Å²) in [5, 5.41) is 11.9. The minimum atomic E-state index is -1.04. The van der Waals surface area contributed by atoms with Gasteiger partial charge in [-0.3, -0.25) is 0 Å². The number of ether oxygens (including phenoxy) is 1. The van der Waals surface area contributed by atoms with E-state index >= 15 is 0 Å². The molecule has 18 heavy (non-hydrogen) atoms. The van der Waals surface area contributed by atoms with E-state index in [0.717, 1.165) is 39.0 Å². The fraction of sp³-hybridized carbons (Fsp3) is 0.615. The summed E-state index contributed by atoms with van der Waals surface area (Å²) in [5.74, 6) is -0.417. The van der Waals surface area contributed by atoms with E-state index in [1.165, 1.54) is 6.07 Å². The molecule has 2 N–H and O–H groups in total. The Morgan fingerprint density at radius 1 is 1.39 bits per heavy atom. The molecule has 0 unspecified atom stereocenters. The van der Waals surface area contributed by atoms with Gasteiger partial charge >= 0.3 is 5.97 Å². The predicted octanol–water partition coefficient (Wildman–Crippen LogP) is 2.27. The Bertz CT molecular complexity index is 349. The van der Waals surface area contributed by atoms with Crippen LogP contribution in [0.15, 0.2) is 16.5 Å². The highest BCUT2D eigenvalue weighted by Crippen LogP contribution is 2.07. The van der Waals surface area contributed by atoms with Gasteiger partial charge in [0.1, 0.15) is 5.76 Å². The van der Waals surface area contributed by atoms with E-state index < -0.39 is 5.97 Å². The van der Waals surface area contributed by atoms with Crippen molar-refractivity contribution in [2.75, 3.05) is 19.8 Å². The number of aromatic carboxylic acids is 1. The van der Waals surface area contributed by atoms with Crippen LogP contribution in [0.4, 0.5) is 0 Å². The topological polar surface area (TPSA) is 71.7 Å². The molecule has 0 spiro atoms. The molecule has 0 aromatic carbocycles. The van der Waals surface area contributed by atoms with Crippen molar-refractivity contribution in [1.29, 1.82) is 0 Å². The monoisotopic (exact) mass is 255 g/mol. The normalized spacial score (nSPS) is 10.7. The molecule has 5 heteroatoms. The predicted molar refractivity (Wildman–Crippen MR) is 67.7 cm³/mol. The van der Waals surface area contributed by atoms with E-state index in [0.29, 0.717) is 12.3 Å². The van der Waals surface area contributed by atoms with Gasteiger partial charge in [0.05, 0.1) is 6.54 Å². The molecule has 0 atom stereocenters. The number of carboxylic acid groups (broad SMARTS) is 1. The Kier molecular flexibility index (Phi) is 7.13. The quantitative estimate of drug-likeness (QED) is 0.627. The van der Waals surface area contributed by atoms with Gasteiger partial charge < -0.3 is 19.6 Å². The molecule has 1 heterocycles. The van der Waals surface area contributed by atoms with E-state index in [2.05, 4.69) is 12.2 Å². The summed E-state index contributed by atoms with van der Waals surface area (Å²) in [7, 11) is 0. The summed E-state index contributed by atoms with van der Waals surface area (Å²) in [6.45, 7) is 5.10. The van der Waals surface area contributed by atoms with Gasteiger partial charge in [-0.05, 0) is 31.5 Å². The van der Waals surface area contributed by atoms with Crippen LogP contribution in [0.25, 0.3) is 0 Å². The van der Waals surface area contributed by atoms with E-state index in [4.69, 9.17) is 14.3 Å². The van der Waals surface area contributed by atoms with Gasteiger partial charge in [0.2, 0.25) is 5.76 Å². The van der Waals surface area contributed by atoms with E-state index in [-0.39, 0.29) is 5.76 Å². The largest absolute Gasteiger partial charge is 0.475 e. The summed E-state index contributed by atoms with van der Waals surface area (Å²) in [6, 6.07) is 3.14. The average molecular weight is 255 g/mol. The van der Waals surface area contributed by atoms with Crippen LogP contribution >= 0.6 is 0 Å². The molecule has 0 aliphatic carbocycles. The molecule has 0 radical (unpaired) electrons. The van der Waals surface area contributed by atoms with Crippen LogP contribution in [0.1, 0.15) is 42.5 Å². The van der Waals surface area contributed by atoms with Crippen molar-refractivity contribution in [2.24, 2.45) is 0 Å². The van der Waals surface area contributed by atoms with Crippen LogP contribution in [-0.4, -0.2) is 30.8 Å². The standard InChI is InChI=1S/C13H21NO4/c1-2-3-8-17-9-4-7-14-10-11-5-6-12(18-11)13(15)16/h5-6,14H,2-4,7-10H2,1H3,(H,15,16). The lowest BCUT2D eigenvalue weighted by atomic mass is 10.3. The van der Waals surface area contributed by atoms with Crippen LogP contribution in [-0.2, 0) is 11.3 Å². The van der Waals surface area contributed by atoms with Gasteiger partial charge in [-0.15, -0.1) is 0 Å². The van der Waals surface area contributed by atoms with Crippen molar-refractivity contribution in [3.63, 3.8) is 0 Å². The maximum atomic E-state index is 10.6. The number of furan rings is 1. The van der Waals surface area contributed by atoms with Crippen LogP contribution in [0.5, 0.6) is 0 Å². The van der Waals surface area contributed by atoms with Crippen LogP contribution in [0, 0.1) is 0 Å². The molecule has 0 aliphatic heterocycles. The van der Waals surface area contributed by atoms with Crippen molar-refractivity contribution >= 4 is 5.97 Å². The molecule has 0 amide bonds. The first-order valence-corrected chi connectivity index (χ1v) is 6.34. The number of carboxylic acids is 1. The zero-order chi connectivity index (χ0) is 13.2. The van der Waals surface area contributed by atoms with Crippen LogP contribution < -0.4 is 5.32 Å². The van der Waals surface area contributed by atoms with Gasteiger partial charge in [-0.25, -0.2) is 4.79 Å². The Morgan fingerprint density at radius 3 is 2.83 bits per heavy atom. The Labute approximate surface area is 107 Å². The van der Waals surface area contributed by atoms with Gasteiger partial charge in [0.25, 0.3) is 0 Å². The van der Waals surface area contributed by atoms with Gasteiger partial charge in [-0.1, -0.05) is 13.3 Å². The van der Waals surface area contributed by atoms with Gasteiger partial charge in [0, 0.05) is 13.2 Å². The van der Waals surface area contributed by atoms with Gasteiger partial charge in [0.15, 0.2) is 0 Å². The molecular weight excluding hydrogens is 234 g/mol. The summed E-state index contributed by atoms with van der Waals surface area (Å²) in [4.78, 5) is 10.6. The second-order valence-electron chi connectivity index (χ2n) is 4.07. The third kappa shape index (κ3) is 5.84. The zero-order valence-electron chi connectivity index (χ0n) is 10.8. The third-order valence-electron chi connectivity index (χ3n) is 2.46. The molecule has 0 fully saturated rings. The SMILES string of the molecule is CCCCOCCCNCc1ccc(C(=O)O)o1. The zero-order valence-corrected chi connectivity index (χ0v) is 10.8. The molecule has 1 aromatic heterocycles. The first kappa shape index (κ1) is 14.7. The summed E-state index contributed by atoms with van der Waals surface area (Å²) >= 11 is 0. The lowest BCUT2D eigenvalue weighted by Crippen LogP contribution is -2.16. The van der Waals surface area contributed by atoms with Crippen LogP contribution in [0.2, 0.25) is 0 Å². The lowest BCUT2D eigenvalue weighted by Gasteiger charge is -2.04. The lowest BCUT2D eigenvalue weighted by molar-refractivity contribution is 0.0660. The Hall–Kier alpha value is -1.33. The average Bonchev–Trinajstić information content (AvgIpc) is 2.81. The first-order valence-electron chi connectivity index (χ1n) is 6.34. The molecule has 1 rings (SSSR count). The summed E-state index contributed by atoms with van der Waals surface area (Å²) in [6.07, 6.45) is 3.21. The van der Waals surface area contributed by atoms with Crippen LogP contribution in [0.3, 0.4) is 0 Å². The number of nitrogens with one attached hydrogen (secondary N) is 1. The smallest absolute Gasteiger partial charge is 0.371 e. The summed E-state index contributed by atoms with van der Waals surface area (Å²) in [5.41, 5.74) is 0. The Balaban J connectivity index is 2.02. The fourth-order valence-electron chi connectivity index (χ4n) is 1.45. The Morgan fingerprint density at radius 2 is 2.17 bits per heavy atom. The molecule has 5 nitrogen and oxygen atoms in total. The maximum absolute atomic E-state index is 10.6. The third-order valence-corrected chi connectivity index (χ3v) is 2.46. The number of hydrogen-bond donors (Lipinski definition) is 2. The molecule has 0 saturated carbocycles. The second-order valence-corrected chi connectivity index (χ2v) is 4.07. The number of unbranched alkanes of at least 4 members (excludes halogenated alkanes) is 1. The fourth-order valence-corrected chi connectivity index (χ4v) is 1.45. The van der Waals surface area contributed by atoms with Crippen molar-refractivity contribution in [2.45, 2.75) is 32.7 Å². The summed E-state index contributed by atoms with van der Waals surface area (Å²) < 4.78 is 10.5. The molecule has 0 bridgehead atoms. The second kappa shape index (κ2) is 8.72. The van der Waals surface area contributed by atoms with Gasteiger partial charge in [-0.2, -0.15) is 0 Å². The first-order chi connectivity index (χ1) is 8.74. The minimum absolute atomic E-state index is 0.0188. The number of hydrogen-bond acceptors (Lipinski definition) is 4. The molecule has 0 aliphatic rings. The van der Waals surface area contributed by atoms with E-state index in [9.17, 15) is 4.79 Å². The van der Waals surface area contributed by atoms with Crippen molar-refractivity contribution in [3.8, 4) is 0 Å². The molecular formula is C13H21NO4. The van der Waals surface area contributed by atoms with E-state index in [1.54, 1.807) is 6.07 Å². The highest BCUT2D eigenvalue weighted by atomic mass is 16.5. The minimum Gasteiger partial charge on any atom is -0.475 e. The molecule has 0 saturated heterocycles. The maximum Gasteiger partial charge on any atom is 0.371 e. The van der Waals surface area contributed by atoms with Crippen molar-refractivity contribution in [3.05, 3.63) is 23.7 Å². The number of carbonyl (C=O) groups is 1. The molecule has 102 valence electrons. The highest BCUT2D eigenvalue weighted by Gasteiger charge is 2.07. The number of rotatable bonds is 10. The highest BCUT2D eigenvalue weighted by molar-refractivity contribution is 5.84. The van der Waals surface area contributed by atoms with Crippen molar-refractivity contribution < 1.29 is 19.1 Å². The van der Waals surface area contributed by atoms with Crippen molar-refractivity contribution in [1.82, 2.24) is 5.32 Å². The molecule has 1 aromatic rings. The van der Waals surface area contributed by atoms with E-state index in [1.807, 2.05) is 0 Å².